The molecule has 0 radical (unpaired) electrons. The van der Waals surface area contributed by atoms with Gasteiger partial charge in [0.05, 0.1) is 7.11 Å². The van der Waals surface area contributed by atoms with Crippen LogP contribution in [0.5, 0.6) is 5.75 Å². The van der Waals surface area contributed by atoms with Crippen molar-refractivity contribution in [2.24, 2.45) is 11.8 Å². The highest BCUT2D eigenvalue weighted by Crippen LogP contribution is 2.37. The van der Waals surface area contributed by atoms with Gasteiger partial charge in [-0.2, -0.15) is 0 Å². The Balaban J connectivity index is 1.62. The molecule has 0 aromatic heterocycles. The van der Waals surface area contributed by atoms with Crippen LogP contribution in [0.1, 0.15) is 55.8 Å². The van der Waals surface area contributed by atoms with Crippen LogP contribution in [0.25, 0.3) is 0 Å². The Bertz CT molecular complexity index is 631. The van der Waals surface area contributed by atoms with Gasteiger partial charge in [-0.25, -0.2) is 0 Å². The third-order valence-corrected chi connectivity index (χ3v) is 5.63. The number of piperidine rings is 1. The Hall–Kier alpha value is -2.04. The van der Waals surface area contributed by atoms with Crippen LogP contribution < -0.4 is 15.4 Å². The summed E-state index contributed by atoms with van der Waals surface area (Å²) < 4.78 is 5.18. The molecule has 25 heavy (non-hydrogen) atoms. The molecule has 0 bridgehead atoms. The Morgan fingerprint density at radius 1 is 1.36 bits per heavy atom. The second-order valence-electron chi connectivity index (χ2n) is 7.31. The molecule has 4 atom stereocenters. The van der Waals surface area contributed by atoms with Crippen molar-refractivity contribution < 1.29 is 14.3 Å². The number of amides is 2. The molecule has 136 valence electrons. The van der Waals surface area contributed by atoms with Crippen LogP contribution in [0, 0.1) is 11.8 Å². The number of carbonyl (C=O) groups is 2. The molecule has 1 aliphatic carbocycles. The SMILES string of the molecule is CCCC1CC(=O)NC2CC(NC(=O)c3cccc(OC)c3)CCC12. The van der Waals surface area contributed by atoms with Crippen molar-refractivity contribution >= 4 is 11.8 Å². The van der Waals surface area contributed by atoms with E-state index in [0.717, 1.165) is 32.1 Å². The third-order valence-electron chi connectivity index (χ3n) is 5.63. The van der Waals surface area contributed by atoms with Crippen molar-refractivity contribution in [3.63, 3.8) is 0 Å². The Morgan fingerprint density at radius 2 is 2.20 bits per heavy atom. The molecule has 1 aliphatic heterocycles. The highest BCUT2D eigenvalue weighted by molar-refractivity contribution is 5.94. The second-order valence-corrected chi connectivity index (χ2v) is 7.31. The number of carbonyl (C=O) groups excluding carboxylic acids is 2. The van der Waals surface area contributed by atoms with Crippen molar-refractivity contribution in [1.29, 1.82) is 0 Å². The first kappa shape index (κ1) is 17.8. The first-order valence-electron chi connectivity index (χ1n) is 9.35. The van der Waals surface area contributed by atoms with Gasteiger partial charge < -0.3 is 15.4 Å². The van der Waals surface area contributed by atoms with Gasteiger partial charge in [0.15, 0.2) is 0 Å². The zero-order valence-corrected chi connectivity index (χ0v) is 15.1. The van der Waals surface area contributed by atoms with Crippen molar-refractivity contribution in [3.8, 4) is 5.75 Å². The molecule has 1 saturated heterocycles. The maximum atomic E-state index is 12.5. The number of hydrogen-bond acceptors (Lipinski definition) is 3. The zero-order valence-electron chi connectivity index (χ0n) is 15.1. The van der Waals surface area contributed by atoms with E-state index in [2.05, 4.69) is 17.6 Å². The van der Waals surface area contributed by atoms with Gasteiger partial charge in [0.25, 0.3) is 5.91 Å². The predicted molar refractivity (Wildman–Crippen MR) is 96.5 cm³/mol. The average molecular weight is 344 g/mol. The Morgan fingerprint density at radius 3 is 2.96 bits per heavy atom. The zero-order chi connectivity index (χ0) is 17.8. The summed E-state index contributed by atoms with van der Waals surface area (Å²) in [4.78, 5) is 24.5. The van der Waals surface area contributed by atoms with Crippen molar-refractivity contribution in [2.45, 2.75) is 57.5 Å². The van der Waals surface area contributed by atoms with Gasteiger partial charge >= 0.3 is 0 Å². The third kappa shape index (κ3) is 4.14. The maximum absolute atomic E-state index is 12.5. The quantitative estimate of drug-likeness (QED) is 0.863. The van der Waals surface area contributed by atoms with E-state index < -0.39 is 0 Å². The number of ether oxygens (including phenoxy) is 1. The van der Waals surface area contributed by atoms with E-state index in [0.29, 0.717) is 29.6 Å². The Labute approximate surface area is 149 Å². The molecular formula is C20H28N2O3. The van der Waals surface area contributed by atoms with Crippen LogP contribution in [0.4, 0.5) is 0 Å². The summed E-state index contributed by atoms with van der Waals surface area (Å²) in [5.74, 6) is 1.83. The lowest BCUT2D eigenvalue weighted by Gasteiger charge is -2.44. The van der Waals surface area contributed by atoms with Crippen LogP contribution >= 0.6 is 0 Å². The van der Waals surface area contributed by atoms with Crippen molar-refractivity contribution in [1.82, 2.24) is 10.6 Å². The normalized spacial score (nSPS) is 28.6. The minimum absolute atomic E-state index is 0.0744. The minimum atomic E-state index is -0.0744. The average Bonchev–Trinajstić information content (AvgIpc) is 2.61. The second kappa shape index (κ2) is 7.89. The summed E-state index contributed by atoms with van der Waals surface area (Å²) in [6, 6.07) is 7.50. The number of benzene rings is 1. The summed E-state index contributed by atoms with van der Waals surface area (Å²) in [7, 11) is 1.59. The summed E-state index contributed by atoms with van der Waals surface area (Å²) in [6.45, 7) is 2.18. The number of hydrogen-bond donors (Lipinski definition) is 2. The highest BCUT2D eigenvalue weighted by atomic mass is 16.5. The van der Waals surface area contributed by atoms with Crippen LogP contribution in [-0.4, -0.2) is 31.0 Å². The van der Waals surface area contributed by atoms with Gasteiger partial charge in [0.1, 0.15) is 5.75 Å². The molecule has 5 nitrogen and oxygen atoms in total. The van der Waals surface area contributed by atoms with Crippen LogP contribution in [0.3, 0.4) is 0 Å². The van der Waals surface area contributed by atoms with Crippen molar-refractivity contribution in [3.05, 3.63) is 29.8 Å². The highest BCUT2D eigenvalue weighted by Gasteiger charge is 2.40. The molecule has 2 amide bonds. The largest absolute Gasteiger partial charge is 0.497 e. The molecule has 1 saturated carbocycles. The lowest BCUT2D eigenvalue weighted by molar-refractivity contribution is -0.127. The molecule has 3 rings (SSSR count). The summed E-state index contributed by atoms with van der Waals surface area (Å²) in [5, 5.41) is 6.29. The number of nitrogens with one attached hydrogen (secondary N) is 2. The van der Waals surface area contributed by atoms with Gasteiger partial charge in [0.2, 0.25) is 5.91 Å². The summed E-state index contributed by atoms with van der Waals surface area (Å²) >= 11 is 0. The van der Waals surface area contributed by atoms with E-state index in [-0.39, 0.29) is 23.9 Å². The lowest BCUT2D eigenvalue weighted by Crippen LogP contribution is -2.55. The molecule has 2 aliphatic rings. The van der Waals surface area contributed by atoms with Gasteiger partial charge in [-0.15, -0.1) is 0 Å². The maximum Gasteiger partial charge on any atom is 0.251 e. The molecule has 1 aromatic rings. The number of fused-ring (bicyclic) bond motifs is 1. The molecule has 4 unspecified atom stereocenters. The fourth-order valence-corrected chi connectivity index (χ4v) is 4.43. The van der Waals surface area contributed by atoms with E-state index in [1.165, 1.54) is 0 Å². The van der Waals surface area contributed by atoms with E-state index in [1.54, 1.807) is 19.2 Å². The first-order valence-corrected chi connectivity index (χ1v) is 9.35. The van der Waals surface area contributed by atoms with Crippen molar-refractivity contribution in [2.75, 3.05) is 7.11 Å². The molecule has 0 spiro atoms. The van der Waals surface area contributed by atoms with Crippen LogP contribution in [0.2, 0.25) is 0 Å². The van der Waals surface area contributed by atoms with Gasteiger partial charge in [-0.1, -0.05) is 19.4 Å². The number of methoxy groups -OCH3 is 1. The summed E-state index contributed by atoms with van der Waals surface area (Å²) in [6.07, 6.45) is 5.78. The van der Waals surface area contributed by atoms with Gasteiger partial charge in [-0.05, 0) is 55.7 Å². The standard InChI is InChI=1S/C20H28N2O3/c1-3-5-13-11-19(23)22-18-12-15(8-9-17(13)18)21-20(24)14-6-4-7-16(10-14)25-2/h4,6-7,10,13,15,17-18H,3,5,8-9,11-12H2,1-2H3,(H,21,24)(H,22,23). The molecule has 2 fully saturated rings. The predicted octanol–water partition coefficient (Wildman–Crippen LogP) is 2.90. The lowest BCUT2D eigenvalue weighted by atomic mass is 9.70. The molecule has 2 N–H and O–H groups in total. The van der Waals surface area contributed by atoms with E-state index >= 15 is 0 Å². The topological polar surface area (TPSA) is 67.4 Å². The number of rotatable bonds is 5. The van der Waals surface area contributed by atoms with E-state index in [4.69, 9.17) is 4.74 Å². The van der Waals surface area contributed by atoms with E-state index in [9.17, 15) is 9.59 Å². The Kier molecular flexibility index (Phi) is 5.61. The molecule has 1 heterocycles. The van der Waals surface area contributed by atoms with E-state index in [1.807, 2.05) is 12.1 Å². The fourth-order valence-electron chi connectivity index (χ4n) is 4.43. The van der Waals surface area contributed by atoms with Gasteiger partial charge in [0, 0.05) is 24.1 Å². The van der Waals surface area contributed by atoms with Crippen LogP contribution in [-0.2, 0) is 4.79 Å². The molecule has 1 aromatic carbocycles. The molecule has 5 heteroatoms. The first-order chi connectivity index (χ1) is 12.1. The monoisotopic (exact) mass is 344 g/mol. The smallest absolute Gasteiger partial charge is 0.251 e. The van der Waals surface area contributed by atoms with Gasteiger partial charge in [-0.3, -0.25) is 9.59 Å². The minimum Gasteiger partial charge on any atom is -0.497 e. The fraction of sp³-hybridized carbons (Fsp3) is 0.600. The van der Waals surface area contributed by atoms with Crippen LogP contribution in [0.15, 0.2) is 24.3 Å². The summed E-state index contributed by atoms with van der Waals surface area (Å²) in [5.41, 5.74) is 0.609. The molecular weight excluding hydrogens is 316 g/mol.